The van der Waals surface area contributed by atoms with E-state index in [1.807, 2.05) is 18.2 Å². The van der Waals surface area contributed by atoms with Gasteiger partial charge >= 0.3 is 5.97 Å². The van der Waals surface area contributed by atoms with Crippen LogP contribution in [0.1, 0.15) is 83.8 Å². The zero-order valence-electron chi connectivity index (χ0n) is 27.1. The highest BCUT2D eigenvalue weighted by atomic mass is 16.7. The van der Waals surface area contributed by atoms with Crippen molar-refractivity contribution in [1.82, 2.24) is 19.9 Å². The molecule has 49 heavy (non-hydrogen) atoms. The van der Waals surface area contributed by atoms with E-state index < -0.39 is 23.1 Å². The second-order valence-corrected chi connectivity index (χ2v) is 14.5. The van der Waals surface area contributed by atoms with Gasteiger partial charge in [-0.15, -0.1) is 4.73 Å². The van der Waals surface area contributed by atoms with Crippen LogP contribution in [0.5, 0.6) is 23.3 Å². The first kappa shape index (κ1) is 30.4. The molecule has 256 valence electrons. The minimum absolute atomic E-state index is 0.0735. The second-order valence-electron chi connectivity index (χ2n) is 14.5. The lowest BCUT2D eigenvalue weighted by Crippen LogP contribution is -2.74. The molecule has 5 aliphatic rings. The summed E-state index contributed by atoms with van der Waals surface area (Å²) in [5.41, 5.74) is 3.33. The first-order chi connectivity index (χ1) is 23.7. The number of aromatic nitrogens is 2. The molecule has 4 aromatic rings. The number of para-hydroxylation sites is 1. The maximum atomic E-state index is 13.6. The van der Waals surface area contributed by atoms with Gasteiger partial charge in [0.2, 0.25) is 11.8 Å². The van der Waals surface area contributed by atoms with Crippen molar-refractivity contribution >= 4 is 22.8 Å². The summed E-state index contributed by atoms with van der Waals surface area (Å²) >= 11 is 0. The predicted molar refractivity (Wildman–Crippen MR) is 177 cm³/mol. The maximum absolute atomic E-state index is 13.6. The molecule has 2 aromatic carbocycles. The van der Waals surface area contributed by atoms with Crippen LogP contribution in [0.15, 0.2) is 42.5 Å². The molecule has 2 aromatic heterocycles. The lowest BCUT2D eigenvalue weighted by atomic mass is 9.49. The van der Waals surface area contributed by atoms with E-state index in [0.717, 1.165) is 47.3 Å². The number of fused-ring (bicyclic) bond motifs is 4. The fourth-order valence-electron chi connectivity index (χ4n) is 9.35. The number of unbranched alkanes of at least 4 members (excludes halogenated alkanes) is 2. The Morgan fingerprint density at radius 2 is 1.86 bits per heavy atom. The van der Waals surface area contributed by atoms with E-state index in [9.17, 15) is 30.0 Å². The van der Waals surface area contributed by atoms with Crippen LogP contribution in [-0.4, -0.2) is 78.2 Å². The highest BCUT2D eigenvalue weighted by Crippen LogP contribution is 2.69. The molecule has 2 fully saturated rings. The summed E-state index contributed by atoms with van der Waals surface area (Å²) in [6.07, 6.45) is 5.74. The van der Waals surface area contributed by atoms with Gasteiger partial charge in [-0.25, -0.2) is 4.79 Å². The molecule has 9 rings (SSSR count). The zero-order valence-corrected chi connectivity index (χ0v) is 27.1. The van der Waals surface area contributed by atoms with E-state index in [0.29, 0.717) is 66.1 Å². The van der Waals surface area contributed by atoms with Crippen LogP contribution < -0.4 is 14.9 Å². The van der Waals surface area contributed by atoms with Crippen LogP contribution in [0.4, 0.5) is 0 Å². The number of nitrogens with zero attached hydrogens (tertiary/aromatic N) is 2. The molecule has 1 saturated heterocycles. The monoisotopic (exact) mass is 668 g/mol. The Kier molecular flexibility index (Phi) is 6.77. The SMILES string of the molecule is O=C(CCCCCNC(=O)c1cccc2c3c([nH]c12)[C@@H]1Oc2c(O)ccc4c2C12CCN(CC1CC1)C(C4)[C@]2(O)C3)On1c(O)ccc1O. The number of H-pyrrole nitrogens is 1. The lowest BCUT2D eigenvalue weighted by Gasteiger charge is -2.62. The number of nitrogens with one attached hydrogen (secondary N) is 2. The fourth-order valence-corrected chi connectivity index (χ4v) is 9.35. The third-order valence-electron chi connectivity index (χ3n) is 11.8. The van der Waals surface area contributed by atoms with Crippen molar-refractivity contribution in [3.8, 4) is 23.3 Å². The number of aromatic hydroxyl groups is 3. The molecule has 1 spiro atoms. The van der Waals surface area contributed by atoms with Crippen molar-refractivity contribution in [2.24, 2.45) is 5.92 Å². The Labute approximate surface area is 282 Å². The molecule has 0 radical (unpaired) electrons. The molecule has 12 nitrogen and oxygen atoms in total. The number of piperidine rings is 1. The van der Waals surface area contributed by atoms with E-state index in [1.54, 1.807) is 12.1 Å². The summed E-state index contributed by atoms with van der Waals surface area (Å²) in [7, 11) is 0. The maximum Gasteiger partial charge on any atom is 0.333 e. The van der Waals surface area contributed by atoms with Gasteiger partial charge in [0.15, 0.2) is 17.6 Å². The highest BCUT2D eigenvalue weighted by Gasteiger charge is 2.73. The van der Waals surface area contributed by atoms with Crippen molar-refractivity contribution in [3.63, 3.8) is 0 Å². The van der Waals surface area contributed by atoms with Crippen LogP contribution in [-0.2, 0) is 23.1 Å². The Bertz CT molecular complexity index is 1990. The largest absolute Gasteiger partial charge is 0.504 e. The lowest BCUT2D eigenvalue weighted by molar-refractivity contribution is -0.173. The van der Waals surface area contributed by atoms with Gasteiger partial charge in [0.25, 0.3) is 5.91 Å². The number of rotatable bonds is 10. The van der Waals surface area contributed by atoms with Gasteiger partial charge in [0, 0.05) is 55.1 Å². The van der Waals surface area contributed by atoms with Gasteiger partial charge in [0.05, 0.1) is 27.8 Å². The summed E-state index contributed by atoms with van der Waals surface area (Å²) in [5.74, 6) is -0.276. The molecule has 6 N–H and O–H groups in total. The Morgan fingerprint density at radius 3 is 2.65 bits per heavy atom. The summed E-state index contributed by atoms with van der Waals surface area (Å²) in [6, 6.07) is 11.8. The van der Waals surface area contributed by atoms with Crippen LogP contribution in [0.2, 0.25) is 0 Å². The van der Waals surface area contributed by atoms with E-state index in [2.05, 4.69) is 15.2 Å². The molecule has 1 saturated carbocycles. The normalized spacial score (nSPS) is 26.2. The fraction of sp³-hybridized carbons (Fsp3) is 0.459. The van der Waals surface area contributed by atoms with Gasteiger partial charge in [-0.1, -0.05) is 24.6 Å². The molecule has 1 amide bonds. The standard InChI is InChI=1S/C37H40N4O8/c42-25-11-10-21-17-26-37(47)18-24-22-5-4-6-23(35(46)38-15-3-1-2-7-29(45)49-41-27(43)12-13-28(41)44)31(22)39-32(24)34-36(37,30(21)33(25)48-34)14-16-40(26)19-20-8-9-20/h4-6,10-13,20,26,34,39,42-44,47H,1-3,7-9,14-19H2,(H,38,46)/t26?,34-,36?,37+/m0/s1. The first-order valence-corrected chi connectivity index (χ1v) is 17.4. The van der Waals surface area contributed by atoms with Crippen molar-refractivity contribution in [3.05, 3.63) is 70.4 Å². The quantitative estimate of drug-likeness (QED) is 0.138. The minimum atomic E-state index is -1.10. The molecular formula is C37H40N4O8. The van der Waals surface area contributed by atoms with Crippen molar-refractivity contribution in [2.75, 3.05) is 19.6 Å². The number of phenolic OH excluding ortho intramolecular Hbond substituents is 1. The topological polar surface area (TPSA) is 170 Å². The van der Waals surface area contributed by atoms with E-state index >= 15 is 0 Å². The number of phenols is 1. The highest BCUT2D eigenvalue weighted by molar-refractivity contribution is 6.07. The molecule has 2 bridgehead atoms. The molecule has 2 unspecified atom stereocenters. The van der Waals surface area contributed by atoms with E-state index in [-0.39, 0.29) is 35.9 Å². The smallest absolute Gasteiger partial charge is 0.333 e. The number of carbonyl (C=O) groups is 2. The van der Waals surface area contributed by atoms with Crippen molar-refractivity contribution < 1.29 is 39.6 Å². The molecule has 4 heterocycles. The van der Waals surface area contributed by atoms with E-state index in [1.165, 1.54) is 25.0 Å². The minimum Gasteiger partial charge on any atom is -0.504 e. The number of likely N-dealkylation sites (tertiary alicyclic amines) is 1. The summed E-state index contributed by atoms with van der Waals surface area (Å²) in [6.45, 7) is 2.27. The number of hydrogen-bond acceptors (Lipinski definition) is 9. The van der Waals surface area contributed by atoms with Crippen LogP contribution in [0.25, 0.3) is 10.9 Å². The summed E-state index contributed by atoms with van der Waals surface area (Å²) in [4.78, 5) is 36.7. The number of ether oxygens (including phenoxy) is 1. The van der Waals surface area contributed by atoms with Crippen LogP contribution in [0.3, 0.4) is 0 Å². The van der Waals surface area contributed by atoms with Crippen molar-refractivity contribution in [2.45, 2.75) is 80.9 Å². The predicted octanol–water partition coefficient (Wildman–Crippen LogP) is 3.73. The van der Waals surface area contributed by atoms with Gasteiger partial charge in [0.1, 0.15) is 0 Å². The van der Waals surface area contributed by atoms with Gasteiger partial charge in [-0.05, 0) is 74.2 Å². The third-order valence-corrected chi connectivity index (χ3v) is 11.8. The summed E-state index contributed by atoms with van der Waals surface area (Å²) < 4.78 is 7.37. The Balaban J connectivity index is 0.945. The van der Waals surface area contributed by atoms with Gasteiger partial charge < -0.3 is 40.3 Å². The zero-order chi connectivity index (χ0) is 33.7. The van der Waals surface area contributed by atoms with Crippen molar-refractivity contribution in [1.29, 1.82) is 0 Å². The average Bonchev–Trinajstić information content (AvgIpc) is 3.61. The van der Waals surface area contributed by atoms with Gasteiger partial charge in [-0.2, -0.15) is 0 Å². The number of aliphatic hydroxyl groups is 1. The third kappa shape index (κ3) is 4.42. The van der Waals surface area contributed by atoms with Crippen LogP contribution in [0, 0.1) is 5.92 Å². The molecule has 4 atom stereocenters. The Morgan fingerprint density at radius 1 is 1.04 bits per heavy atom. The molecule has 3 aliphatic carbocycles. The first-order valence-electron chi connectivity index (χ1n) is 17.4. The molecule has 2 aliphatic heterocycles. The second kappa shape index (κ2) is 10.9. The summed E-state index contributed by atoms with van der Waals surface area (Å²) in [5, 5.41) is 47.2. The number of amides is 1. The molecular weight excluding hydrogens is 628 g/mol. The van der Waals surface area contributed by atoms with Crippen LogP contribution >= 0.6 is 0 Å². The number of benzene rings is 2. The number of hydrogen-bond donors (Lipinski definition) is 6. The Hall–Kier alpha value is -4.68. The van der Waals surface area contributed by atoms with E-state index in [4.69, 9.17) is 9.57 Å². The number of carbonyl (C=O) groups excluding carboxylic acids is 2. The molecule has 12 heteroatoms. The number of aromatic amines is 1. The van der Waals surface area contributed by atoms with Gasteiger partial charge in [-0.3, -0.25) is 9.69 Å². The average molecular weight is 669 g/mol.